The number of nitrogen functional groups attached to an aromatic ring is 1. The number of aromatic amines is 1. The predicted molar refractivity (Wildman–Crippen MR) is 112 cm³/mol. The molecule has 4 aromatic rings. The van der Waals surface area contributed by atoms with Crippen LogP contribution in [0.15, 0.2) is 36.8 Å². The van der Waals surface area contributed by atoms with Crippen molar-refractivity contribution in [1.82, 2.24) is 19.9 Å². The van der Waals surface area contributed by atoms with Crippen LogP contribution in [-0.4, -0.2) is 32.3 Å². The molecule has 3 N–H and O–H groups in total. The van der Waals surface area contributed by atoms with Crippen molar-refractivity contribution in [1.29, 1.82) is 0 Å². The number of amides is 1. The van der Waals surface area contributed by atoms with Crippen molar-refractivity contribution in [2.24, 2.45) is 0 Å². The van der Waals surface area contributed by atoms with Gasteiger partial charge in [0.05, 0.1) is 11.9 Å². The maximum Gasteiger partial charge on any atom is 0.222 e. The number of hydrogen-bond acceptors (Lipinski definition) is 5. The van der Waals surface area contributed by atoms with Crippen molar-refractivity contribution >= 4 is 44.2 Å². The Hall–Kier alpha value is -2.93. The first-order chi connectivity index (χ1) is 13.7. The second-order valence-corrected chi connectivity index (χ2v) is 8.30. The van der Waals surface area contributed by atoms with Gasteiger partial charge in [0, 0.05) is 34.9 Å². The summed E-state index contributed by atoms with van der Waals surface area (Å²) < 4.78 is 0. The molecule has 0 saturated carbocycles. The number of nitrogens with zero attached hydrogens (tertiary/aromatic N) is 3. The quantitative estimate of drug-likeness (QED) is 0.556. The van der Waals surface area contributed by atoms with E-state index in [1.165, 1.54) is 27.7 Å². The molecule has 0 aliphatic carbocycles. The molecule has 0 bridgehead atoms. The van der Waals surface area contributed by atoms with Crippen LogP contribution >= 0.6 is 11.3 Å². The Labute approximate surface area is 166 Å². The minimum Gasteiger partial charge on any atom is -0.383 e. The van der Waals surface area contributed by atoms with Crippen LogP contribution in [0.3, 0.4) is 0 Å². The summed E-state index contributed by atoms with van der Waals surface area (Å²) in [4.78, 5) is 28.6. The number of benzene rings is 1. The number of thiophene rings is 1. The first-order valence-corrected chi connectivity index (χ1v) is 10.4. The van der Waals surface area contributed by atoms with Gasteiger partial charge >= 0.3 is 0 Å². The van der Waals surface area contributed by atoms with E-state index in [0.29, 0.717) is 18.8 Å². The zero-order chi connectivity index (χ0) is 19.1. The minimum absolute atomic E-state index is 0.224. The number of anilines is 1. The van der Waals surface area contributed by atoms with Crippen LogP contribution in [0.4, 0.5) is 5.82 Å². The summed E-state index contributed by atoms with van der Waals surface area (Å²) in [6.07, 6.45) is 6.72. The molecule has 3 aromatic heterocycles. The number of aryl methyl sites for hydroxylation is 1. The average Bonchev–Trinajstić information content (AvgIpc) is 3.29. The third kappa shape index (κ3) is 2.92. The van der Waals surface area contributed by atoms with Crippen LogP contribution in [0.1, 0.15) is 28.8 Å². The Kier molecular flexibility index (Phi) is 4.24. The number of nitrogens with one attached hydrogen (secondary N) is 1. The van der Waals surface area contributed by atoms with E-state index in [4.69, 9.17) is 5.73 Å². The third-order valence-corrected chi connectivity index (χ3v) is 6.66. The van der Waals surface area contributed by atoms with Gasteiger partial charge in [0.25, 0.3) is 0 Å². The Morgan fingerprint density at radius 2 is 2.18 bits per heavy atom. The standard InChI is InChI=1S/C21H21N5OS/c22-20-19-15-8-9-26(11-17(15)28-21(19)25-12-24-20)18(27)7-3-4-13-10-23-16-6-2-1-5-14(13)16/h1-2,5-6,10,12,23H,3-4,7-9,11H2,(H2,22,24,25). The summed E-state index contributed by atoms with van der Waals surface area (Å²) in [5, 5.41) is 2.23. The number of rotatable bonds is 4. The molecule has 0 spiro atoms. The lowest BCUT2D eigenvalue weighted by Crippen LogP contribution is -2.35. The Balaban J connectivity index is 1.24. The number of para-hydroxylation sites is 1. The Bertz CT molecular complexity index is 1180. The highest BCUT2D eigenvalue weighted by molar-refractivity contribution is 7.19. The number of carbonyl (C=O) groups is 1. The smallest absolute Gasteiger partial charge is 0.222 e. The molecule has 4 heterocycles. The Morgan fingerprint density at radius 1 is 1.29 bits per heavy atom. The van der Waals surface area contributed by atoms with Crippen molar-refractivity contribution < 1.29 is 4.79 Å². The first kappa shape index (κ1) is 17.2. The van der Waals surface area contributed by atoms with Gasteiger partial charge in [-0.05, 0) is 36.5 Å². The van der Waals surface area contributed by atoms with Gasteiger partial charge in [-0.3, -0.25) is 4.79 Å². The molecule has 1 amide bonds. The van der Waals surface area contributed by atoms with Crippen molar-refractivity contribution in [3.8, 4) is 0 Å². The third-order valence-electron chi connectivity index (χ3n) is 5.53. The minimum atomic E-state index is 0.224. The van der Waals surface area contributed by atoms with E-state index in [0.717, 1.165) is 41.5 Å². The summed E-state index contributed by atoms with van der Waals surface area (Å²) in [5.41, 5.74) is 9.70. The number of carbonyl (C=O) groups excluding carboxylic acids is 1. The fourth-order valence-corrected chi connectivity index (χ4v) is 5.30. The highest BCUT2D eigenvalue weighted by Crippen LogP contribution is 2.36. The summed E-state index contributed by atoms with van der Waals surface area (Å²) in [5.74, 6) is 0.767. The summed E-state index contributed by atoms with van der Waals surface area (Å²) >= 11 is 1.63. The van der Waals surface area contributed by atoms with Crippen LogP contribution in [0, 0.1) is 0 Å². The SMILES string of the molecule is Nc1ncnc2sc3c(c12)CCN(C(=O)CCCc1c[nH]c2ccccc12)C3. The molecular weight excluding hydrogens is 370 g/mol. The predicted octanol–water partition coefficient (Wildman–Crippen LogP) is 3.66. The second kappa shape index (κ2) is 6.91. The maximum atomic E-state index is 12.8. The van der Waals surface area contributed by atoms with Gasteiger partial charge in [-0.15, -0.1) is 11.3 Å². The summed E-state index contributed by atoms with van der Waals surface area (Å²) in [6, 6.07) is 8.30. The van der Waals surface area contributed by atoms with Gasteiger partial charge < -0.3 is 15.6 Å². The fourth-order valence-electron chi connectivity index (χ4n) is 4.09. The summed E-state index contributed by atoms with van der Waals surface area (Å²) in [7, 11) is 0. The molecule has 1 aliphatic heterocycles. The summed E-state index contributed by atoms with van der Waals surface area (Å²) in [6.45, 7) is 1.39. The topological polar surface area (TPSA) is 87.9 Å². The molecule has 0 fully saturated rings. The molecule has 1 aliphatic rings. The van der Waals surface area contributed by atoms with E-state index >= 15 is 0 Å². The molecule has 142 valence electrons. The second-order valence-electron chi connectivity index (χ2n) is 7.22. The van der Waals surface area contributed by atoms with Gasteiger partial charge in [0.2, 0.25) is 5.91 Å². The molecule has 5 rings (SSSR count). The van der Waals surface area contributed by atoms with Gasteiger partial charge in [-0.2, -0.15) is 0 Å². The number of nitrogens with two attached hydrogens (primary N) is 1. The molecule has 0 unspecified atom stereocenters. The molecule has 7 heteroatoms. The van der Waals surface area contributed by atoms with E-state index in [1.807, 2.05) is 11.0 Å². The van der Waals surface area contributed by atoms with Crippen LogP contribution < -0.4 is 5.73 Å². The number of fused-ring (bicyclic) bond motifs is 4. The lowest BCUT2D eigenvalue weighted by molar-refractivity contribution is -0.132. The van der Waals surface area contributed by atoms with Crippen LogP contribution in [0.5, 0.6) is 0 Å². The van der Waals surface area contributed by atoms with Gasteiger partial charge in [0.1, 0.15) is 17.0 Å². The fraction of sp³-hybridized carbons (Fsp3) is 0.286. The van der Waals surface area contributed by atoms with Crippen LogP contribution in [0.25, 0.3) is 21.1 Å². The molecule has 0 atom stereocenters. The average molecular weight is 392 g/mol. The number of hydrogen-bond donors (Lipinski definition) is 2. The lowest BCUT2D eigenvalue weighted by Gasteiger charge is -2.27. The van der Waals surface area contributed by atoms with Crippen molar-refractivity contribution in [3.63, 3.8) is 0 Å². The maximum absolute atomic E-state index is 12.8. The zero-order valence-corrected chi connectivity index (χ0v) is 16.3. The molecule has 1 aromatic carbocycles. The molecule has 0 saturated heterocycles. The van der Waals surface area contributed by atoms with E-state index in [9.17, 15) is 4.79 Å². The molecule has 6 nitrogen and oxygen atoms in total. The highest BCUT2D eigenvalue weighted by atomic mass is 32.1. The largest absolute Gasteiger partial charge is 0.383 e. The van der Waals surface area contributed by atoms with Crippen molar-refractivity contribution in [2.75, 3.05) is 12.3 Å². The molecule has 0 radical (unpaired) electrons. The molecular formula is C21H21N5OS. The van der Waals surface area contributed by atoms with Crippen LogP contribution in [0.2, 0.25) is 0 Å². The van der Waals surface area contributed by atoms with Gasteiger partial charge in [-0.1, -0.05) is 18.2 Å². The van der Waals surface area contributed by atoms with E-state index in [1.54, 1.807) is 11.3 Å². The van der Waals surface area contributed by atoms with E-state index < -0.39 is 0 Å². The highest BCUT2D eigenvalue weighted by Gasteiger charge is 2.25. The van der Waals surface area contributed by atoms with Crippen molar-refractivity contribution in [3.05, 3.63) is 52.8 Å². The number of aromatic nitrogens is 3. The van der Waals surface area contributed by atoms with Gasteiger partial charge in [-0.25, -0.2) is 9.97 Å². The van der Waals surface area contributed by atoms with Gasteiger partial charge in [0.15, 0.2) is 0 Å². The normalized spacial score (nSPS) is 13.9. The first-order valence-electron chi connectivity index (χ1n) is 9.54. The Morgan fingerprint density at radius 3 is 3.11 bits per heavy atom. The zero-order valence-electron chi connectivity index (χ0n) is 15.4. The molecule has 28 heavy (non-hydrogen) atoms. The van der Waals surface area contributed by atoms with E-state index in [-0.39, 0.29) is 5.91 Å². The van der Waals surface area contributed by atoms with Crippen molar-refractivity contribution in [2.45, 2.75) is 32.2 Å². The monoisotopic (exact) mass is 391 g/mol. The van der Waals surface area contributed by atoms with E-state index in [2.05, 4.69) is 39.3 Å². The van der Waals surface area contributed by atoms with Crippen LogP contribution in [-0.2, 0) is 24.2 Å². The number of H-pyrrole nitrogens is 1. The lowest BCUT2D eigenvalue weighted by atomic mass is 10.0.